The first-order chi connectivity index (χ1) is 12.8. The summed E-state index contributed by atoms with van der Waals surface area (Å²) in [6.45, 7) is 4.06. The zero-order valence-corrected chi connectivity index (χ0v) is 17.2. The number of hydrogen-bond donors (Lipinski definition) is 1. The highest BCUT2D eigenvalue weighted by Crippen LogP contribution is 2.61. The van der Waals surface area contributed by atoms with Crippen LogP contribution < -0.4 is 5.32 Å². The van der Waals surface area contributed by atoms with Crippen molar-refractivity contribution in [2.45, 2.75) is 69.7 Å². The first-order valence-corrected chi connectivity index (χ1v) is 12.0. The van der Waals surface area contributed by atoms with Crippen LogP contribution in [0.3, 0.4) is 0 Å². The Morgan fingerprint density at radius 3 is 2.11 bits per heavy atom. The topological polar surface area (TPSA) is 63.2 Å². The van der Waals surface area contributed by atoms with Gasteiger partial charge in [-0.3, -0.25) is 4.79 Å². The van der Waals surface area contributed by atoms with E-state index in [4.69, 9.17) is 0 Å². The van der Waals surface area contributed by atoms with Crippen LogP contribution in [-0.4, -0.2) is 26.1 Å². The smallest absolute Gasteiger partial charge is 0.221 e. The summed E-state index contributed by atoms with van der Waals surface area (Å²) >= 11 is 0. The van der Waals surface area contributed by atoms with Crippen LogP contribution in [0.5, 0.6) is 0 Å². The van der Waals surface area contributed by atoms with Crippen LogP contribution in [0.4, 0.5) is 0 Å². The number of benzene rings is 1. The molecule has 5 heteroatoms. The zero-order valence-electron chi connectivity index (χ0n) is 16.4. The largest absolute Gasteiger partial charge is 0.353 e. The van der Waals surface area contributed by atoms with Crippen LogP contribution in [0.2, 0.25) is 0 Å². The Bertz CT molecular complexity index is 777. The van der Waals surface area contributed by atoms with Gasteiger partial charge in [0.15, 0.2) is 9.84 Å². The van der Waals surface area contributed by atoms with Gasteiger partial charge in [-0.2, -0.15) is 0 Å². The molecular formula is C22H31NO3S. The molecule has 27 heavy (non-hydrogen) atoms. The predicted molar refractivity (Wildman–Crippen MR) is 106 cm³/mol. The van der Waals surface area contributed by atoms with Crippen molar-refractivity contribution in [2.24, 2.45) is 23.2 Å². The molecule has 5 rings (SSSR count). The Morgan fingerprint density at radius 1 is 1.07 bits per heavy atom. The van der Waals surface area contributed by atoms with Crippen molar-refractivity contribution in [3.05, 3.63) is 29.8 Å². The number of aryl methyl sites for hydroxylation is 1. The Kier molecular flexibility index (Phi) is 4.86. The Balaban J connectivity index is 1.35. The minimum atomic E-state index is -3.41. The van der Waals surface area contributed by atoms with Crippen LogP contribution in [0.1, 0.15) is 57.4 Å². The Morgan fingerprint density at radius 2 is 1.59 bits per heavy atom. The molecule has 0 saturated heterocycles. The van der Waals surface area contributed by atoms with Gasteiger partial charge in [0.2, 0.25) is 5.91 Å². The van der Waals surface area contributed by atoms with Gasteiger partial charge in [0, 0.05) is 12.5 Å². The van der Waals surface area contributed by atoms with Crippen LogP contribution in [0, 0.1) is 30.1 Å². The van der Waals surface area contributed by atoms with Gasteiger partial charge in [-0.15, -0.1) is 0 Å². The van der Waals surface area contributed by atoms with Crippen molar-refractivity contribution >= 4 is 15.7 Å². The minimum absolute atomic E-state index is 0.0346. The molecule has 4 aliphatic rings. The standard InChI is InChI=1S/C22H31NO3S/c1-15-3-5-20(6-4-15)27(25,26)8-7-21(24)23-16(2)22-12-17-9-18(13-22)11-19(10-17)14-22/h3-6,16-19H,7-14H2,1-2H3,(H,23,24)/t16-,17?,18?,19?,22?/m1/s1. The van der Waals surface area contributed by atoms with E-state index in [2.05, 4.69) is 12.2 Å². The average molecular weight is 390 g/mol. The summed E-state index contributed by atoms with van der Waals surface area (Å²) in [5.74, 6) is 2.27. The molecule has 1 atom stereocenters. The van der Waals surface area contributed by atoms with E-state index in [0.29, 0.717) is 4.90 Å². The van der Waals surface area contributed by atoms with Gasteiger partial charge >= 0.3 is 0 Å². The van der Waals surface area contributed by atoms with Crippen molar-refractivity contribution < 1.29 is 13.2 Å². The lowest BCUT2D eigenvalue weighted by atomic mass is 9.48. The fourth-order valence-electron chi connectivity index (χ4n) is 6.27. The van der Waals surface area contributed by atoms with Gasteiger partial charge in [-0.05, 0) is 87.7 Å². The SMILES string of the molecule is Cc1ccc(S(=O)(=O)CCC(=O)N[C@H](C)C23CC4CC(CC(C4)C2)C3)cc1. The maximum Gasteiger partial charge on any atom is 0.221 e. The first-order valence-electron chi connectivity index (χ1n) is 10.3. The third-order valence-corrected chi connectivity index (χ3v) is 9.09. The monoisotopic (exact) mass is 389 g/mol. The zero-order chi connectivity index (χ0) is 19.2. The molecule has 4 saturated carbocycles. The summed E-state index contributed by atoms with van der Waals surface area (Å²) in [4.78, 5) is 12.8. The van der Waals surface area contributed by atoms with E-state index in [-0.39, 0.29) is 29.5 Å². The third kappa shape index (κ3) is 3.80. The molecule has 4 bridgehead atoms. The second-order valence-corrected chi connectivity index (χ2v) is 11.6. The van der Waals surface area contributed by atoms with Crippen molar-refractivity contribution in [2.75, 3.05) is 5.75 Å². The molecule has 0 aliphatic heterocycles. The van der Waals surface area contributed by atoms with E-state index in [1.807, 2.05) is 6.92 Å². The highest BCUT2D eigenvalue weighted by Gasteiger charge is 2.53. The number of hydrogen-bond acceptors (Lipinski definition) is 3. The van der Waals surface area contributed by atoms with Crippen LogP contribution in [0.25, 0.3) is 0 Å². The summed E-state index contributed by atoms with van der Waals surface area (Å²) in [5, 5.41) is 3.17. The van der Waals surface area contributed by atoms with Gasteiger partial charge in [0.1, 0.15) is 0 Å². The van der Waals surface area contributed by atoms with Crippen LogP contribution in [0.15, 0.2) is 29.2 Å². The minimum Gasteiger partial charge on any atom is -0.353 e. The number of rotatable bonds is 6. The lowest BCUT2D eigenvalue weighted by Crippen LogP contribution is -2.55. The molecule has 0 heterocycles. The number of nitrogens with one attached hydrogen (secondary N) is 1. The summed E-state index contributed by atoms with van der Waals surface area (Å²) < 4.78 is 25.0. The van der Waals surface area contributed by atoms with Crippen molar-refractivity contribution in [1.82, 2.24) is 5.32 Å². The van der Waals surface area contributed by atoms with Gasteiger partial charge in [0.25, 0.3) is 0 Å². The summed E-state index contributed by atoms with van der Waals surface area (Å²) in [5.41, 5.74) is 1.27. The predicted octanol–water partition coefficient (Wildman–Crippen LogP) is 3.88. The Labute approximate surface area is 163 Å². The van der Waals surface area contributed by atoms with Gasteiger partial charge in [0.05, 0.1) is 10.6 Å². The second kappa shape index (κ2) is 6.91. The van der Waals surface area contributed by atoms with Gasteiger partial charge in [-0.25, -0.2) is 8.42 Å². The van der Waals surface area contributed by atoms with Crippen molar-refractivity contribution in [3.63, 3.8) is 0 Å². The van der Waals surface area contributed by atoms with Crippen LogP contribution in [-0.2, 0) is 14.6 Å². The molecule has 4 aliphatic carbocycles. The normalized spacial score (nSPS) is 33.0. The molecule has 0 radical (unpaired) electrons. The van der Waals surface area contributed by atoms with Gasteiger partial charge in [-0.1, -0.05) is 17.7 Å². The van der Waals surface area contributed by atoms with Crippen molar-refractivity contribution in [1.29, 1.82) is 0 Å². The molecule has 0 aromatic heterocycles. The van der Waals surface area contributed by atoms with E-state index in [0.717, 1.165) is 23.3 Å². The van der Waals surface area contributed by atoms with Crippen LogP contribution >= 0.6 is 0 Å². The lowest BCUT2D eigenvalue weighted by molar-refractivity contribution is -0.125. The number of sulfone groups is 1. The third-order valence-electron chi connectivity index (χ3n) is 7.36. The molecular weight excluding hydrogens is 358 g/mol. The summed E-state index contributed by atoms with van der Waals surface area (Å²) in [6, 6.07) is 6.98. The van der Waals surface area contributed by atoms with E-state index in [9.17, 15) is 13.2 Å². The van der Waals surface area contributed by atoms with Crippen molar-refractivity contribution in [3.8, 4) is 0 Å². The highest BCUT2D eigenvalue weighted by atomic mass is 32.2. The van der Waals surface area contributed by atoms with Gasteiger partial charge < -0.3 is 5.32 Å². The molecule has 0 unspecified atom stereocenters. The van der Waals surface area contributed by atoms with E-state index < -0.39 is 9.84 Å². The van der Waals surface area contributed by atoms with E-state index in [1.165, 1.54) is 38.5 Å². The summed E-state index contributed by atoms with van der Waals surface area (Å²) in [7, 11) is -3.41. The van der Waals surface area contributed by atoms with E-state index in [1.54, 1.807) is 24.3 Å². The molecule has 1 aromatic rings. The first kappa shape index (κ1) is 19.0. The van der Waals surface area contributed by atoms with E-state index >= 15 is 0 Å². The number of carbonyl (C=O) groups is 1. The second-order valence-electron chi connectivity index (χ2n) is 9.45. The molecule has 4 fully saturated rings. The average Bonchev–Trinajstić information content (AvgIpc) is 2.59. The quantitative estimate of drug-likeness (QED) is 0.803. The fourth-order valence-corrected chi connectivity index (χ4v) is 7.51. The fraction of sp³-hybridized carbons (Fsp3) is 0.682. The molecule has 148 valence electrons. The molecule has 1 amide bonds. The molecule has 1 aromatic carbocycles. The maximum atomic E-state index is 12.5. The Hall–Kier alpha value is -1.36. The number of carbonyl (C=O) groups excluding carboxylic acids is 1. The molecule has 1 N–H and O–H groups in total. The molecule has 4 nitrogen and oxygen atoms in total. The highest BCUT2D eigenvalue weighted by molar-refractivity contribution is 7.91. The summed E-state index contributed by atoms with van der Waals surface area (Å²) in [6.07, 6.45) is 7.90. The maximum absolute atomic E-state index is 12.5. The molecule has 0 spiro atoms. The lowest BCUT2D eigenvalue weighted by Gasteiger charge is -2.59. The number of amides is 1.